The summed E-state index contributed by atoms with van der Waals surface area (Å²) in [5.41, 5.74) is 0.631. The first-order valence-corrected chi connectivity index (χ1v) is 7.09. The van der Waals surface area contributed by atoms with E-state index < -0.39 is 6.10 Å². The highest BCUT2D eigenvalue weighted by Gasteiger charge is 2.22. The molecule has 2 N–H and O–H groups in total. The zero-order valence-electron chi connectivity index (χ0n) is 11.5. The summed E-state index contributed by atoms with van der Waals surface area (Å²) in [6, 6.07) is 6.74. The topological polar surface area (TPSA) is 35.5 Å². The summed E-state index contributed by atoms with van der Waals surface area (Å²) in [4.78, 5) is 2.46. The summed E-state index contributed by atoms with van der Waals surface area (Å²) in [5, 5.41) is 13.3. The van der Waals surface area contributed by atoms with Crippen LogP contribution in [0.25, 0.3) is 0 Å². The average molecular weight is 266 g/mol. The lowest BCUT2D eigenvalue weighted by atomic mass is 10.1. The van der Waals surface area contributed by atoms with Crippen molar-refractivity contribution in [1.82, 2.24) is 10.2 Å². The summed E-state index contributed by atoms with van der Waals surface area (Å²) in [6.45, 7) is 5.80. The van der Waals surface area contributed by atoms with Gasteiger partial charge in [0.1, 0.15) is 5.82 Å². The largest absolute Gasteiger partial charge is 0.387 e. The predicted molar refractivity (Wildman–Crippen MR) is 74.5 cm³/mol. The fourth-order valence-corrected chi connectivity index (χ4v) is 2.76. The van der Waals surface area contributed by atoms with Gasteiger partial charge in [0, 0.05) is 19.1 Å². The van der Waals surface area contributed by atoms with E-state index in [4.69, 9.17) is 0 Å². The minimum atomic E-state index is -0.646. The van der Waals surface area contributed by atoms with Crippen molar-refractivity contribution in [2.45, 2.75) is 31.9 Å². The van der Waals surface area contributed by atoms with E-state index in [-0.39, 0.29) is 5.82 Å². The van der Waals surface area contributed by atoms with Crippen LogP contribution in [0.5, 0.6) is 0 Å². The number of rotatable bonds is 6. The normalized spacial score (nSPS) is 21.7. The number of benzene rings is 1. The van der Waals surface area contributed by atoms with Crippen LogP contribution in [0, 0.1) is 5.82 Å². The standard InChI is InChI=1S/C15H23FN2O/c1-2-18-8-4-7-14(18)10-17-11-15(19)12-5-3-6-13(16)9-12/h3,5-6,9,14-15,17,19H,2,4,7-8,10-11H2,1H3. The minimum Gasteiger partial charge on any atom is -0.387 e. The van der Waals surface area contributed by atoms with E-state index in [1.807, 2.05) is 0 Å². The second kappa shape index (κ2) is 6.98. The molecule has 0 radical (unpaired) electrons. The van der Waals surface area contributed by atoms with Crippen LogP contribution in [0.2, 0.25) is 0 Å². The van der Waals surface area contributed by atoms with Crippen LogP contribution in [-0.4, -0.2) is 42.2 Å². The first kappa shape index (κ1) is 14.4. The van der Waals surface area contributed by atoms with Crippen LogP contribution in [-0.2, 0) is 0 Å². The monoisotopic (exact) mass is 266 g/mol. The summed E-state index contributed by atoms with van der Waals surface area (Å²) in [6.07, 6.45) is 1.83. The molecule has 2 atom stereocenters. The third-order valence-corrected chi connectivity index (χ3v) is 3.86. The maximum Gasteiger partial charge on any atom is 0.123 e. The Morgan fingerprint density at radius 1 is 1.53 bits per heavy atom. The fourth-order valence-electron chi connectivity index (χ4n) is 2.76. The molecule has 1 aliphatic heterocycles. The van der Waals surface area contributed by atoms with Crippen molar-refractivity contribution in [2.24, 2.45) is 0 Å². The molecule has 0 aliphatic carbocycles. The zero-order chi connectivity index (χ0) is 13.7. The maximum atomic E-state index is 13.1. The molecule has 1 saturated heterocycles. The van der Waals surface area contributed by atoms with Crippen LogP contribution < -0.4 is 5.32 Å². The van der Waals surface area contributed by atoms with E-state index in [0.29, 0.717) is 18.2 Å². The first-order valence-electron chi connectivity index (χ1n) is 7.09. The molecular weight excluding hydrogens is 243 g/mol. The average Bonchev–Trinajstić information content (AvgIpc) is 2.86. The van der Waals surface area contributed by atoms with Gasteiger partial charge in [-0.2, -0.15) is 0 Å². The molecule has 1 heterocycles. The van der Waals surface area contributed by atoms with Crippen LogP contribution >= 0.6 is 0 Å². The molecule has 0 amide bonds. The third kappa shape index (κ3) is 4.00. The van der Waals surface area contributed by atoms with Crippen LogP contribution in [0.15, 0.2) is 24.3 Å². The number of likely N-dealkylation sites (N-methyl/N-ethyl adjacent to an activating group) is 1. The van der Waals surface area contributed by atoms with Crippen molar-refractivity contribution in [1.29, 1.82) is 0 Å². The zero-order valence-corrected chi connectivity index (χ0v) is 11.5. The highest BCUT2D eigenvalue weighted by Crippen LogP contribution is 2.16. The van der Waals surface area contributed by atoms with Gasteiger partial charge in [-0.15, -0.1) is 0 Å². The van der Waals surface area contributed by atoms with E-state index in [1.165, 1.54) is 31.5 Å². The molecule has 0 spiro atoms. The van der Waals surface area contributed by atoms with Gasteiger partial charge < -0.3 is 10.4 Å². The third-order valence-electron chi connectivity index (χ3n) is 3.86. The molecule has 1 aliphatic rings. The Hall–Kier alpha value is -0.970. The second-order valence-electron chi connectivity index (χ2n) is 5.15. The Balaban J connectivity index is 1.76. The van der Waals surface area contributed by atoms with E-state index in [2.05, 4.69) is 17.1 Å². The number of likely N-dealkylation sites (tertiary alicyclic amines) is 1. The molecular formula is C15H23FN2O. The number of hydrogen-bond acceptors (Lipinski definition) is 3. The molecule has 2 unspecified atom stereocenters. The number of halogens is 1. The van der Waals surface area contributed by atoms with Crippen molar-refractivity contribution in [3.63, 3.8) is 0 Å². The molecule has 1 aromatic carbocycles. The Morgan fingerprint density at radius 2 is 2.37 bits per heavy atom. The smallest absolute Gasteiger partial charge is 0.123 e. The molecule has 2 rings (SSSR count). The van der Waals surface area contributed by atoms with E-state index in [0.717, 1.165) is 13.1 Å². The Kier molecular flexibility index (Phi) is 5.31. The first-order chi connectivity index (χ1) is 9.20. The Bertz CT molecular complexity index is 399. The maximum absolute atomic E-state index is 13.1. The van der Waals surface area contributed by atoms with Gasteiger partial charge in [0.05, 0.1) is 6.10 Å². The van der Waals surface area contributed by atoms with Gasteiger partial charge in [-0.05, 0) is 43.6 Å². The molecule has 0 saturated carbocycles. The van der Waals surface area contributed by atoms with E-state index >= 15 is 0 Å². The Labute approximate surface area is 114 Å². The predicted octanol–water partition coefficient (Wildman–Crippen LogP) is 1.93. The van der Waals surface area contributed by atoms with E-state index in [9.17, 15) is 9.50 Å². The highest BCUT2D eigenvalue weighted by molar-refractivity contribution is 5.18. The van der Waals surface area contributed by atoms with Crippen molar-refractivity contribution in [3.8, 4) is 0 Å². The number of aliphatic hydroxyl groups excluding tert-OH is 1. The summed E-state index contributed by atoms with van der Waals surface area (Å²) < 4.78 is 13.1. The molecule has 1 fully saturated rings. The molecule has 4 heteroatoms. The molecule has 1 aromatic rings. The minimum absolute atomic E-state index is 0.301. The molecule has 0 aromatic heterocycles. The van der Waals surface area contributed by atoms with Crippen LogP contribution in [0.3, 0.4) is 0 Å². The van der Waals surface area contributed by atoms with Crippen molar-refractivity contribution >= 4 is 0 Å². The van der Waals surface area contributed by atoms with Gasteiger partial charge in [-0.1, -0.05) is 19.1 Å². The number of nitrogens with one attached hydrogen (secondary N) is 1. The Morgan fingerprint density at radius 3 is 3.11 bits per heavy atom. The van der Waals surface area contributed by atoms with Gasteiger partial charge in [0.15, 0.2) is 0 Å². The van der Waals surface area contributed by atoms with E-state index in [1.54, 1.807) is 12.1 Å². The number of hydrogen-bond donors (Lipinski definition) is 2. The SMILES string of the molecule is CCN1CCCC1CNCC(O)c1cccc(F)c1. The van der Waals surface area contributed by atoms with Crippen molar-refractivity contribution < 1.29 is 9.50 Å². The molecule has 106 valence electrons. The molecule has 0 bridgehead atoms. The lowest BCUT2D eigenvalue weighted by Gasteiger charge is -2.23. The van der Waals surface area contributed by atoms with Gasteiger partial charge in [-0.25, -0.2) is 4.39 Å². The van der Waals surface area contributed by atoms with Gasteiger partial charge in [-0.3, -0.25) is 4.90 Å². The lowest BCUT2D eigenvalue weighted by molar-refractivity contribution is 0.168. The van der Waals surface area contributed by atoms with Crippen molar-refractivity contribution in [3.05, 3.63) is 35.6 Å². The number of nitrogens with zero attached hydrogens (tertiary/aromatic N) is 1. The van der Waals surface area contributed by atoms with Crippen LogP contribution in [0.4, 0.5) is 4.39 Å². The molecule has 3 nitrogen and oxygen atoms in total. The lowest BCUT2D eigenvalue weighted by Crippen LogP contribution is -2.39. The number of aliphatic hydroxyl groups is 1. The summed E-state index contributed by atoms with van der Waals surface area (Å²) in [7, 11) is 0. The summed E-state index contributed by atoms with van der Waals surface area (Å²) >= 11 is 0. The fraction of sp³-hybridized carbons (Fsp3) is 0.600. The van der Waals surface area contributed by atoms with Gasteiger partial charge in [0.2, 0.25) is 0 Å². The summed E-state index contributed by atoms with van der Waals surface area (Å²) in [5.74, 6) is -0.301. The highest BCUT2D eigenvalue weighted by atomic mass is 19.1. The van der Waals surface area contributed by atoms with Crippen LogP contribution in [0.1, 0.15) is 31.4 Å². The quantitative estimate of drug-likeness (QED) is 0.826. The van der Waals surface area contributed by atoms with Gasteiger partial charge >= 0.3 is 0 Å². The van der Waals surface area contributed by atoms with Crippen molar-refractivity contribution in [2.75, 3.05) is 26.2 Å². The van der Waals surface area contributed by atoms with Gasteiger partial charge in [0.25, 0.3) is 0 Å². The molecule has 19 heavy (non-hydrogen) atoms. The second-order valence-corrected chi connectivity index (χ2v) is 5.15.